The van der Waals surface area contributed by atoms with Crippen LogP contribution < -0.4 is 27.0 Å². The minimum absolute atomic E-state index is 0.0168. The Morgan fingerprint density at radius 2 is 1.51 bits per heavy atom. The molecule has 0 aromatic rings. The van der Waals surface area contributed by atoms with Gasteiger partial charge in [-0.2, -0.15) is 0 Å². The lowest BCUT2D eigenvalue weighted by molar-refractivity contribution is -0.145. The molecule has 1 fully saturated rings. The number of esters is 1. The number of nitrogens with two attached hydrogens (primary N) is 1. The normalized spacial score (nSPS) is 21.5. The summed E-state index contributed by atoms with van der Waals surface area (Å²) in [7, 11) is 0. The van der Waals surface area contributed by atoms with Gasteiger partial charge in [-0.3, -0.25) is 24.0 Å². The van der Waals surface area contributed by atoms with Crippen molar-refractivity contribution in [3.63, 3.8) is 0 Å². The highest BCUT2D eigenvalue weighted by molar-refractivity contribution is 5.99. The van der Waals surface area contributed by atoms with Crippen molar-refractivity contribution in [3.05, 3.63) is 0 Å². The first kappa shape index (κ1) is 34.3. The molecule has 6 N–H and O–H groups in total. The van der Waals surface area contributed by atoms with E-state index in [9.17, 15) is 24.0 Å². The lowest BCUT2D eigenvalue weighted by Gasteiger charge is -2.27. The van der Waals surface area contributed by atoms with E-state index in [1.807, 2.05) is 41.5 Å². The van der Waals surface area contributed by atoms with E-state index >= 15 is 0 Å². The second-order valence-electron chi connectivity index (χ2n) is 12.0. The molecule has 1 aliphatic rings. The molecule has 0 saturated heterocycles. The van der Waals surface area contributed by atoms with Crippen LogP contribution in [-0.2, 0) is 28.7 Å². The maximum Gasteiger partial charge on any atom is 0.305 e. The number of rotatable bonds is 16. The number of carbonyl (C=O) groups excluding carboxylic acids is 5. The quantitative estimate of drug-likeness (QED) is 0.180. The van der Waals surface area contributed by atoms with Crippen LogP contribution in [-0.4, -0.2) is 65.9 Å². The van der Waals surface area contributed by atoms with Gasteiger partial charge in [0.1, 0.15) is 17.6 Å². The smallest absolute Gasteiger partial charge is 0.305 e. The summed E-state index contributed by atoms with van der Waals surface area (Å²) in [4.78, 5) is 64.4. The van der Waals surface area contributed by atoms with E-state index in [4.69, 9.17) is 10.5 Å². The van der Waals surface area contributed by atoms with E-state index in [1.165, 1.54) is 0 Å². The summed E-state index contributed by atoms with van der Waals surface area (Å²) < 4.78 is 5.22. The average Bonchev–Trinajstić information content (AvgIpc) is 3.59. The maximum atomic E-state index is 13.5. The molecule has 1 saturated carbocycles. The summed E-state index contributed by atoms with van der Waals surface area (Å²) >= 11 is 0. The highest BCUT2D eigenvalue weighted by Gasteiger charge is 2.62. The Morgan fingerprint density at radius 3 is 2.00 bits per heavy atom. The molecule has 0 aromatic carbocycles. The van der Waals surface area contributed by atoms with Gasteiger partial charge < -0.3 is 31.7 Å². The fraction of sp³-hybridized carbons (Fsp3) is 0.821. The topological polar surface area (TPSA) is 169 Å². The van der Waals surface area contributed by atoms with Crippen LogP contribution in [0.15, 0.2) is 0 Å². The van der Waals surface area contributed by atoms with Gasteiger partial charge in [-0.25, -0.2) is 0 Å². The summed E-state index contributed by atoms with van der Waals surface area (Å²) in [5.74, 6) is -2.45. The molecular weight excluding hydrogens is 502 g/mol. The summed E-state index contributed by atoms with van der Waals surface area (Å²) in [5.41, 5.74) is 4.76. The Bertz CT molecular complexity index is 877. The van der Waals surface area contributed by atoms with E-state index in [0.29, 0.717) is 6.42 Å². The zero-order valence-corrected chi connectivity index (χ0v) is 25.2. The predicted octanol–water partition coefficient (Wildman–Crippen LogP) is 1.38. The highest BCUT2D eigenvalue weighted by atomic mass is 16.5. The van der Waals surface area contributed by atoms with Crippen LogP contribution in [0.2, 0.25) is 0 Å². The standard InChI is InChI=1S/C28H51N5O6/c1-10-18(8)30-24(35)19(9)31-27(38)28(13-20(28)16(4)5)33-25(36)21(32-26(37)23(29)17(6)7)11-12-22(34)39-14-15(2)3/h15-21,23H,10-14,29H2,1-9H3,(H,30,35)(H,31,38)(H,32,37)(H,33,36)/t18-,19-,20?,21?,23-,28?/m1/s1. The Morgan fingerprint density at radius 1 is 0.897 bits per heavy atom. The summed E-state index contributed by atoms with van der Waals surface area (Å²) in [5, 5.41) is 11.1. The molecule has 0 radical (unpaired) electrons. The van der Waals surface area contributed by atoms with Crippen LogP contribution in [0, 0.1) is 23.7 Å². The van der Waals surface area contributed by atoms with Crippen LogP contribution >= 0.6 is 0 Å². The van der Waals surface area contributed by atoms with Crippen molar-refractivity contribution in [3.8, 4) is 0 Å². The largest absolute Gasteiger partial charge is 0.465 e. The van der Waals surface area contributed by atoms with Crippen molar-refractivity contribution in [1.82, 2.24) is 21.3 Å². The molecular formula is C28H51N5O6. The second kappa shape index (κ2) is 15.2. The first-order valence-corrected chi connectivity index (χ1v) is 14.2. The molecule has 3 unspecified atom stereocenters. The van der Waals surface area contributed by atoms with Crippen LogP contribution in [0.4, 0.5) is 0 Å². The molecule has 0 heterocycles. The van der Waals surface area contributed by atoms with Crippen LogP contribution in [0.25, 0.3) is 0 Å². The highest BCUT2D eigenvalue weighted by Crippen LogP contribution is 2.48. The van der Waals surface area contributed by atoms with Crippen molar-refractivity contribution < 1.29 is 28.7 Å². The fourth-order valence-corrected chi connectivity index (χ4v) is 4.16. The molecule has 0 spiro atoms. The van der Waals surface area contributed by atoms with Gasteiger partial charge >= 0.3 is 5.97 Å². The zero-order chi connectivity index (χ0) is 30.1. The van der Waals surface area contributed by atoms with E-state index in [2.05, 4.69) is 21.3 Å². The SMILES string of the molecule is CC[C@@H](C)NC(=O)[C@@H](C)NC(=O)C1(NC(=O)C(CCC(=O)OCC(C)C)NC(=O)[C@H](N)C(C)C)CC1C(C)C. The van der Waals surface area contributed by atoms with Crippen molar-refractivity contribution in [2.75, 3.05) is 6.61 Å². The Hall–Kier alpha value is -2.69. The van der Waals surface area contributed by atoms with Gasteiger partial charge in [0, 0.05) is 12.5 Å². The van der Waals surface area contributed by atoms with Crippen LogP contribution in [0.5, 0.6) is 0 Å². The molecule has 1 rings (SSSR count). The predicted molar refractivity (Wildman–Crippen MR) is 149 cm³/mol. The fourth-order valence-electron chi connectivity index (χ4n) is 4.16. The number of amides is 4. The molecule has 0 aromatic heterocycles. The number of hydrogen-bond acceptors (Lipinski definition) is 7. The Kier molecular flexibility index (Phi) is 13.4. The van der Waals surface area contributed by atoms with E-state index in [-0.39, 0.29) is 55.1 Å². The van der Waals surface area contributed by atoms with Gasteiger partial charge in [0.25, 0.3) is 0 Å². The minimum Gasteiger partial charge on any atom is -0.465 e. The molecule has 11 nitrogen and oxygen atoms in total. The molecule has 6 atom stereocenters. The maximum absolute atomic E-state index is 13.5. The number of carbonyl (C=O) groups is 5. The lowest BCUT2D eigenvalue weighted by atomic mass is 10.0. The summed E-state index contributed by atoms with van der Waals surface area (Å²) in [6, 6.07) is -2.79. The van der Waals surface area contributed by atoms with Gasteiger partial charge in [0.2, 0.25) is 23.6 Å². The summed E-state index contributed by atoms with van der Waals surface area (Å²) in [6.07, 6.45) is 1.03. The van der Waals surface area contributed by atoms with Gasteiger partial charge in [0.15, 0.2) is 0 Å². The van der Waals surface area contributed by atoms with Crippen molar-refractivity contribution in [2.24, 2.45) is 29.4 Å². The molecule has 39 heavy (non-hydrogen) atoms. The Balaban J connectivity index is 3.07. The van der Waals surface area contributed by atoms with Crippen LogP contribution in [0.1, 0.15) is 88.0 Å². The molecule has 0 aliphatic heterocycles. The third-order valence-electron chi connectivity index (χ3n) is 7.18. The average molecular weight is 554 g/mol. The molecule has 11 heteroatoms. The third-order valence-corrected chi connectivity index (χ3v) is 7.18. The van der Waals surface area contributed by atoms with Crippen molar-refractivity contribution in [1.29, 1.82) is 0 Å². The molecule has 4 amide bonds. The first-order chi connectivity index (χ1) is 18.0. The molecule has 0 bridgehead atoms. The van der Waals surface area contributed by atoms with Gasteiger partial charge in [-0.15, -0.1) is 0 Å². The van der Waals surface area contributed by atoms with Gasteiger partial charge in [-0.05, 0) is 56.8 Å². The first-order valence-electron chi connectivity index (χ1n) is 14.2. The van der Waals surface area contributed by atoms with Gasteiger partial charge in [0.05, 0.1) is 12.6 Å². The molecule has 224 valence electrons. The Labute approximate surface area is 233 Å². The monoisotopic (exact) mass is 553 g/mol. The number of hydrogen-bond donors (Lipinski definition) is 5. The zero-order valence-electron chi connectivity index (χ0n) is 25.2. The number of ether oxygens (including phenoxy) is 1. The molecule has 1 aliphatic carbocycles. The van der Waals surface area contributed by atoms with E-state index in [0.717, 1.165) is 6.42 Å². The number of nitrogens with one attached hydrogen (secondary N) is 4. The van der Waals surface area contributed by atoms with Gasteiger partial charge in [-0.1, -0.05) is 48.5 Å². The van der Waals surface area contributed by atoms with Crippen LogP contribution in [0.3, 0.4) is 0 Å². The second-order valence-corrected chi connectivity index (χ2v) is 12.0. The van der Waals surface area contributed by atoms with Crippen molar-refractivity contribution >= 4 is 29.6 Å². The minimum atomic E-state index is -1.22. The van der Waals surface area contributed by atoms with E-state index in [1.54, 1.807) is 20.8 Å². The van der Waals surface area contributed by atoms with Crippen molar-refractivity contribution in [2.45, 2.75) is 118 Å². The van der Waals surface area contributed by atoms with E-state index < -0.39 is 47.4 Å². The third kappa shape index (κ3) is 10.4. The summed E-state index contributed by atoms with van der Waals surface area (Å²) in [6.45, 7) is 17.0. The lowest BCUT2D eigenvalue weighted by Crippen LogP contribution is -2.60.